The summed E-state index contributed by atoms with van der Waals surface area (Å²) in [7, 11) is 3.18. The Morgan fingerprint density at radius 1 is 1.13 bits per heavy atom. The molecule has 5 heteroatoms. The molecule has 0 aliphatic heterocycles. The van der Waals surface area contributed by atoms with Crippen LogP contribution >= 0.6 is 0 Å². The first-order chi connectivity index (χ1) is 11.2. The summed E-state index contributed by atoms with van der Waals surface area (Å²) < 4.78 is 12.7. The Morgan fingerprint density at radius 2 is 1.91 bits per heavy atom. The number of fused-ring (bicyclic) bond motifs is 1. The number of hydrogen-bond donors (Lipinski definition) is 1. The molecule has 0 aliphatic carbocycles. The van der Waals surface area contributed by atoms with E-state index in [-0.39, 0.29) is 0 Å². The molecule has 0 saturated carbocycles. The number of benzene rings is 2. The van der Waals surface area contributed by atoms with Gasteiger partial charge in [-0.3, -0.25) is 0 Å². The van der Waals surface area contributed by atoms with Crippen molar-refractivity contribution < 1.29 is 14.6 Å². The Bertz CT molecular complexity index is 826. The lowest BCUT2D eigenvalue weighted by atomic mass is 10.1. The molecule has 1 atom stereocenters. The minimum atomic E-state index is -0.896. The molecule has 23 heavy (non-hydrogen) atoms. The van der Waals surface area contributed by atoms with E-state index in [0.717, 1.165) is 17.6 Å². The van der Waals surface area contributed by atoms with Gasteiger partial charge >= 0.3 is 0 Å². The minimum Gasteiger partial charge on any atom is -0.497 e. The van der Waals surface area contributed by atoms with Gasteiger partial charge in [0, 0.05) is 12.1 Å². The van der Waals surface area contributed by atoms with Crippen molar-refractivity contribution >= 4 is 11.0 Å². The largest absolute Gasteiger partial charge is 0.497 e. The fourth-order valence-corrected chi connectivity index (χ4v) is 2.83. The third-order valence-electron chi connectivity index (χ3n) is 3.98. The van der Waals surface area contributed by atoms with Crippen LogP contribution in [0.15, 0.2) is 42.5 Å². The second-order valence-corrected chi connectivity index (χ2v) is 5.21. The highest BCUT2D eigenvalue weighted by Crippen LogP contribution is 2.34. The highest BCUT2D eigenvalue weighted by atomic mass is 16.5. The molecule has 1 heterocycles. The molecule has 0 spiro atoms. The van der Waals surface area contributed by atoms with Gasteiger partial charge in [0.1, 0.15) is 23.4 Å². The van der Waals surface area contributed by atoms with Gasteiger partial charge in [-0.2, -0.15) is 0 Å². The van der Waals surface area contributed by atoms with Gasteiger partial charge in [-0.1, -0.05) is 12.1 Å². The SMILES string of the molecule is CCn1c(C(O)c2cc(OC)ccc2OC)nc2ccccc21. The van der Waals surface area contributed by atoms with Gasteiger partial charge in [-0.25, -0.2) is 4.98 Å². The predicted molar refractivity (Wildman–Crippen MR) is 89.0 cm³/mol. The van der Waals surface area contributed by atoms with Crippen molar-refractivity contribution in [2.24, 2.45) is 0 Å². The van der Waals surface area contributed by atoms with Crippen LogP contribution in [0.3, 0.4) is 0 Å². The van der Waals surface area contributed by atoms with Crippen molar-refractivity contribution in [1.29, 1.82) is 0 Å². The Morgan fingerprint density at radius 3 is 2.61 bits per heavy atom. The second kappa shape index (κ2) is 6.30. The van der Waals surface area contributed by atoms with E-state index >= 15 is 0 Å². The molecule has 1 unspecified atom stereocenters. The van der Waals surface area contributed by atoms with Crippen LogP contribution in [-0.2, 0) is 6.54 Å². The topological polar surface area (TPSA) is 56.5 Å². The highest BCUT2D eigenvalue weighted by Gasteiger charge is 2.22. The van der Waals surface area contributed by atoms with Crippen LogP contribution in [-0.4, -0.2) is 28.9 Å². The Kier molecular flexibility index (Phi) is 4.21. The third kappa shape index (κ3) is 2.64. The maximum Gasteiger partial charge on any atom is 0.143 e. The molecule has 120 valence electrons. The summed E-state index contributed by atoms with van der Waals surface area (Å²) in [6, 6.07) is 13.2. The fourth-order valence-electron chi connectivity index (χ4n) is 2.83. The summed E-state index contributed by atoms with van der Waals surface area (Å²) >= 11 is 0. The molecule has 0 amide bonds. The van der Waals surface area contributed by atoms with Crippen LogP contribution in [0.5, 0.6) is 11.5 Å². The number of aryl methyl sites for hydroxylation is 1. The van der Waals surface area contributed by atoms with Crippen molar-refractivity contribution in [3.63, 3.8) is 0 Å². The summed E-state index contributed by atoms with van der Waals surface area (Å²) in [6.07, 6.45) is -0.896. The first-order valence-electron chi connectivity index (χ1n) is 7.54. The van der Waals surface area contributed by atoms with E-state index < -0.39 is 6.10 Å². The molecular weight excluding hydrogens is 292 g/mol. The van der Waals surface area contributed by atoms with Crippen LogP contribution in [0.1, 0.15) is 24.4 Å². The molecule has 3 aromatic rings. The number of aromatic nitrogens is 2. The predicted octanol–water partition coefficient (Wildman–Crippen LogP) is 3.16. The van der Waals surface area contributed by atoms with E-state index in [9.17, 15) is 5.11 Å². The quantitative estimate of drug-likeness (QED) is 0.786. The van der Waals surface area contributed by atoms with E-state index in [1.165, 1.54) is 0 Å². The molecule has 0 bridgehead atoms. The number of rotatable bonds is 5. The van der Waals surface area contributed by atoms with Crippen LogP contribution in [0.25, 0.3) is 11.0 Å². The second-order valence-electron chi connectivity index (χ2n) is 5.21. The molecule has 2 aromatic carbocycles. The van der Waals surface area contributed by atoms with E-state index in [0.29, 0.717) is 22.9 Å². The number of hydrogen-bond acceptors (Lipinski definition) is 4. The summed E-state index contributed by atoms with van der Waals surface area (Å²) in [5.41, 5.74) is 2.51. The van der Waals surface area contributed by atoms with Crippen molar-refractivity contribution in [2.45, 2.75) is 19.6 Å². The van der Waals surface area contributed by atoms with Crippen LogP contribution in [0.4, 0.5) is 0 Å². The van der Waals surface area contributed by atoms with Crippen molar-refractivity contribution in [3.05, 3.63) is 53.9 Å². The van der Waals surface area contributed by atoms with Gasteiger partial charge in [0.2, 0.25) is 0 Å². The van der Waals surface area contributed by atoms with E-state index in [2.05, 4.69) is 4.98 Å². The summed E-state index contributed by atoms with van der Waals surface area (Å²) in [6.45, 7) is 2.76. The summed E-state index contributed by atoms with van der Waals surface area (Å²) in [5, 5.41) is 10.9. The lowest BCUT2D eigenvalue weighted by Crippen LogP contribution is -2.10. The Labute approximate surface area is 135 Å². The van der Waals surface area contributed by atoms with Crippen LogP contribution < -0.4 is 9.47 Å². The minimum absolute atomic E-state index is 0.597. The molecule has 1 N–H and O–H groups in total. The first kappa shape index (κ1) is 15.4. The zero-order chi connectivity index (χ0) is 16.4. The third-order valence-corrected chi connectivity index (χ3v) is 3.98. The summed E-state index contributed by atoms with van der Waals surface area (Å²) in [5.74, 6) is 1.87. The zero-order valence-electron chi connectivity index (χ0n) is 13.5. The lowest BCUT2D eigenvalue weighted by Gasteiger charge is -2.17. The van der Waals surface area contributed by atoms with Gasteiger partial charge in [0.05, 0.1) is 25.3 Å². The number of imidazole rings is 1. The maximum absolute atomic E-state index is 10.9. The van der Waals surface area contributed by atoms with E-state index in [1.807, 2.05) is 35.8 Å². The molecule has 5 nitrogen and oxygen atoms in total. The fraction of sp³-hybridized carbons (Fsp3) is 0.278. The standard InChI is InChI=1S/C18H20N2O3/c1-4-20-15-8-6-5-7-14(15)19-18(20)17(21)13-11-12(22-2)9-10-16(13)23-3/h5-11,17,21H,4H2,1-3H3. The van der Waals surface area contributed by atoms with Crippen molar-refractivity contribution in [2.75, 3.05) is 14.2 Å². The maximum atomic E-state index is 10.9. The highest BCUT2D eigenvalue weighted by molar-refractivity contribution is 5.76. The number of para-hydroxylation sites is 2. The number of methoxy groups -OCH3 is 2. The van der Waals surface area contributed by atoms with Gasteiger partial charge in [0.25, 0.3) is 0 Å². The van der Waals surface area contributed by atoms with Crippen molar-refractivity contribution in [1.82, 2.24) is 9.55 Å². The van der Waals surface area contributed by atoms with Gasteiger partial charge in [-0.15, -0.1) is 0 Å². The number of aliphatic hydroxyl groups excluding tert-OH is 1. The van der Waals surface area contributed by atoms with Gasteiger partial charge < -0.3 is 19.1 Å². The molecule has 0 saturated heterocycles. The monoisotopic (exact) mass is 312 g/mol. The number of ether oxygens (including phenoxy) is 2. The molecule has 0 fully saturated rings. The molecule has 1 aromatic heterocycles. The Balaban J connectivity index is 2.15. The van der Waals surface area contributed by atoms with E-state index in [1.54, 1.807) is 32.4 Å². The van der Waals surface area contributed by atoms with Crippen LogP contribution in [0, 0.1) is 0 Å². The van der Waals surface area contributed by atoms with Gasteiger partial charge in [0.15, 0.2) is 0 Å². The average Bonchev–Trinajstić information content (AvgIpc) is 2.99. The molecule has 3 rings (SSSR count). The molecule has 0 aliphatic rings. The first-order valence-corrected chi connectivity index (χ1v) is 7.54. The van der Waals surface area contributed by atoms with Gasteiger partial charge in [-0.05, 0) is 37.3 Å². The Hall–Kier alpha value is -2.53. The summed E-state index contributed by atoms with van der Waals surface area (Å²) in [4.78, 5) is 4.61. The lowest BCUT2D eigenvalue weighted by molar-refractivity contribution is 0.200. The van der Waals surface area contributed by atoms with Crippen LogP contribution in [0.2, 0.25) is 0 Å². The smallest absolute Gasteiger partial charge is 0.143 e. The normalized spacial score (nSPS) is 12.3. The average molecular weight is 312 g/mol. The van der Waals surface area contributed by atoms with Crippen molar-refractivity contribution in [3.8, 4) is 11.5 Å². The number of aliphatic hydroxyl groups is 1. The molecular formula is C18H20N2O3. The van der Waals surface area contributed by atoms with E-state index in [4.69, 9.17) is 9.47 Å². The zero-order valence-corrected chi connectivity index (χ0v) is 13.5. The molecule has 0 radical (unpaired) electrons. The number of nitrogens with zero attached hydrogens (tertiary/aromatic N) is 2.